The molecule has 0 amide bonds. The normalized spacial score (nSPS) is 31.4. The summed E-state index contributed by atoms with van der Waals surface area (Å²) in [5.41, 5.74) is 0. The molecule has 0 aromatic carbocycles. The van der Waals surface area contributed by atoms with Crippen LogP contribution in [0.3, 0.4) is 0 Å². The fourth-order valence-corrected chi connectivity index (χ4v) is 2.59. The van der Waals surface area contributed by atoms with Crippen molar-refractivity contribution in [1.29, 1.82) is 0 Å². The first-order valence-corrected chi connectivity index (χ1v) is 6.83. The Balaban J connectivity index is 1.48. The van der Waals surface area contributed by atoms with E-state index in [9.17, 15) is 5.11 Å². The van der Waals surface area contributed by atoms with Crippen molar-refractivity contribution in [2.45, 2.75) is 62.9 Å². The van der Waals surface area contributed by atoms with Crippen LogP contribution in [0.4, 0.5) is 0 Å². The molecule has 0 radical (unpaired) electrons. The fourth-order valence-electron chi connectivity index (χ4n) is 2.59. The average Bonchev–Trinajstić information content (AvgIpc) is 2.77. The Labute approximate surface area is 104 Å². The first-order chi connectivity index (χ1) is 8.28. The van der Waals surface area contributed by atoms with Crippen LogP contribution < -0.4 is 5.32 Å². The molecular formula is C13H25NO3. The molecule has 2 saturated carbocycles. The molecule has 0 heterocycles. The second-order valence-corrected chi connectivity index (χ2v) is 5.33. The summed E-state index contributed by atoms with van der Waals surface area (Å²) in [6.07, 6.45) is 7.44. The summed E-state index contributed by atoms with van der Waals surface area (Å²) in [4.78, 5) is 0. The van der Waals surface area contributed by atoms with Gasteiger partial charge in [0.2, 0.25) is 0 Å². The molecule has 17 heavy (non-hydrogen) atoms. The minimum atomic E-state index is -0.378. The lowest BCUT2D eigenvalue weighted by atomic mass is 9.89. The highest BCUT2D eigenvalue weighted by Gasteiger charge is 2.28. The van der Waals surface area contributed by atoms with E-state index >= 15 is 0 Å². The highest BCUT2D eigenvalue weighted by molar-refractivity contribution is 4.86. The predicted octanol–water partition coefficient (Wildman–Crippen LogP) is 1.07. The molecule has 4 heteroatoms. The average molecular weight is 243 g/mol. The zero-order chi connectivity index (χ0) is 12.1. The van der Waals surface area contributed by atoms with Crippen LogP contribution in [-0.2, 0) is 9.47 Å². The van der Waals surface area contributed by atoms with Crippen LogP contribution in [0.2, 0.25) is 0 Å². The van der Waals surface area contributed by atoms with E-state index in [0.717, 1.165) is 25.7 Å². The van der Waals surface area contributed by atoms with Gasteiger partial charge in [0.25, 0.3) is 0 Å². The first-order valence-electron chi connectivity index (χ1n) is 6.83. The van der Waals surface area contributed by atoms with Gasteiger partial charge in [0, 0.05) is 19.7 Å². The maximum Gasteiger partial charge on any atom is 0.0897 e. The summed E-state index contributed by atoms with van der Waals surface area (Å²) in [5, 5.41) is 13.1. The second kappa shape index (κ2) is 6.69. The highest BCUT2D eigenvalue weighted by atomic mass is 16.5. The molecule has 1 unspecified atom stereocenters. The summed E-state index contributed by atoms with van der Waals surface area (Å²) in [7, 11) is 1.76. The number of hydrogen-bond acceptors (Lipinski definition) is 4. The largest absolute Gasteiger partial charge is 0.389 e. The third-order valence-corrected chi connectivity index (χ3v) is 3.90. The van der Waals surface area contributed by atoms with E-state index in [0.29, 0.717) is 31.4 Å². The molecule has 0 aromatic heterocycles. The van der Waals surface area contributed by atoms with Crippen LogP contribution in [-0.4, -0.2) is 49.7 Å². The molecule has 1 atom stereocenters. The second-order valence-electron chi connectivity index (χ2n) is 5.33. The number of ether oxygens (including phenoxy) is 2. The maximum absolute atomic E-state index is 9.78. The first kappa shape index (κ1) is 13.3. The van der Waals surface area contributed by atoms with Crippen LogP contribution >= 0.6 is 0 Å². The number of nitrogens with one attached hydrogen (secondary N) is 1. The van der Waals surface area contributed by atoms with E-state index in [4.69, 9.17) is 9.47 Å². The van der Waals surface area contributed by atoms with E-state index in [1.165, 1.54) is 12.8 Å². The van der Waals surface area contributed by atoms with Crippen LogP contribution in [0.5, 0.6) is 0 Å². The van der Waals surface area contributed by atoms with Crippen LogP contribution in [0.15, 0.2) is 0 Å². The van der Waals surface area contributed by atoms with E-state index < -0.39 is 0 Å². The molecule has 2 aliphatic carbocycles. The quantitative estimate of drug-likeness (QED) is 0.702. The van der Waals surface area contributed by atoms with Crippen molar-refractivity contribution < 1.29 is 14.6 Å². The molecule has 0 saturated heterocycles. The number of rotatable bonds is 7. The molecule has 0 spiro atoms. The number of aliphatic hydroxyl groups excluding tert-OH is 1. The Morgan fingerprint density at radius 3 is 2.59 bits per heavy atom. The Hall–Kier alpha value is -0.160. The summed E-state index contributed by atoms with van der Waals surface area (Å²) in [6.45, 7) is 1.10. The van der Waals surface area contributed by atoms with Gasteiger partial charge in [0.05, 0.1) is 24.9 Å². The van der Waals surface area contributed by atoms with Gasteiger partial charge in [0.1, 0.15) is 0 Å². The minimum absolute atomic E-state index is 0.378. The Bertz CT molecular complexity index is 213. The summed E-state index contributed by atoms with van der Waals surface area (Å²) < 4.78 is 10.9. The third-order valence-electron chi connectivity index (χ3n) is 3.90. The molecule has 100 valence electrons. The molecule has 2 fully saturated rings. The van der Waals surface area contributed by atoms with Gasteiger partial charge in [-0.05, 0) is 25.7 Å². The monoisotopic (exact) mass is 243 g/mol. The number of methoxy groups -OCH3 is 1. The molecule has 0 aromatic rings. The van der Waals surface area contributed by atoms with E-state index in [1.807, 2.05) is 0 Å². The van der Waals surface area contributed by atoms with Crippen molar-refractivity contribution in [2.24, 2.45) is 0 Å². The Kier molecular flexibility index (Phi) is 5.22. The molecule has 2 aliphatic rings. The van der Waals surface area contributed by atoms with Gasteiger partial charge in [-0.1, -0.05) is 12.8 Å². The zero-order valence-electron chi connectivity index (χ0n) is 10.7. The van der Waals surface area contributed by atoms with Crippen molar-refractivity contribution in [3.8, 4) is 0 Å². The standard InChI is InChI=1S/C13H25NO3/c1-16-13-6-10(7-13)14-8-11(15)9-17-12-4-2-3-5-12/h10-15H,2-9H2,1H3. The lowest BCUT2D eigenvalue weighted by molar-refractivity contribution is -0.0150. The lowest BCUT2D eigenvalue weighted by Gasteiger charge is -2.35. The van der Waals surface area contributed by atoms with Crippen molar-refractivity contribution in [1.82, 2.24) is 5.32 Å². The number of aliphatic hydroxyl groups is 1. The molecule has 0 bridgehead atoms. The Morgan fingerprint density at radius 2 is 1.94 bits per heavy atom. The topological polar surface area (TPSA) is 50.7 Å². The van der Waals surface area contributed by atoms with Crippen molar-refractivity contribution in [3.63, 3.8) is 0 Å². The van der Waals surface area contributed by atoms with Crippen molar-refractivity contribution in [3.05, 3.63) is 0 Å². The third kappa shape index (κ3) is 4.21. The smallest absolute Gasteiger partial charge is 0.0897 e. The van der Waals surface area contributed by atoms with Crippen molar-refractivity contribution >= 4 is 0 Å². The minimum Gasteiger partial charge on any atom is -0.389 e. The zero-order valence-corrected chi connectivity index (χ0v) is 10.7. The molecule has 0 aliphatic heterocycles. The van der Waals surface area contributed by atoms with Gasteiger partial charge in [0.15, 0.2) is 0 Å². The van der Waals surface area contributed by atoms with Gasteiger partial charge in [-0.25, -0.2) is 0 Å². The molecule has 2 N–H and O–H groups in total. The SMILES string of the molecule is COC1CC(NCC(O)COC2CCCC2)C1. The van der Waals surface area contributed by atoms with E-state index in [2.05, 4.69) is 5.32 Å². The fraction of sp³-hybridized carbons (Fsp3) is 1.00. The number of hydrogen-bond donors (Lipinski definition) is 2. The van der Waals surface area contributed by atoms with Crippen LogP contribution in [0.25, 0.3) is 0 Å². The van der Waals surface area contributed by atoms with E-state index in [1.54, 1.807) is 7.11 Å². The molecule has 2 rings (SSSR count). The molecular weight excluding hydrogens is 218 g/mol. The van der Waals surface area contributed by atoms with Crippen LogP contribution in [0, 0.1) is 0 Å². The van der Waals surface area contributed by atoms with E-state index in [-0.39, 0.29) is 6.10 Å². The van der Waals surface area contributed by atoms with Gasteiger partial charge >= 0.3 is 0 Å². The van der Waals surface area contributed by atoms with Gasteiger partial charge < -0.3 is 19.9 Å². The van der Waals surface area contributed by atoms with Crippen molar-refractivity contribution in [2.75, 3.05) is 20.3 Å². The van der Waals surface area contributed by atoms with Gasteiger partial charge in [-0.2, -0.15) is 0 Å². The van der Waals surface area contributed by atoms with Gasteiger partial charge in [-0.15, -0.1) is 0 Å². The summed E-state index contributed by atoms with van der Waals surface area (Å²) in [6, 6.07) is 0.515. The predicted molar refractivity (Wildman–Crippen MR) is 66.0 cm³/mol. The summed E-state index contributed by atoms with van der Waals surface area (Å²) >= 11 is 0. The Morgan fingerprint density at radius 1 is 1.24 bits per heavy atom. The molecule has 4 nitrogen and oxygen atoms in total. The van der Waals surface area contributed by atoms with Gasteiger partial charge in [-0.3, -0.25) is 0 Å². The maximum atomic E-state index is 9.78. The summed E-state index contributed by atoms with van der Waals surface area (Å²) in [5.74, 6) is 0. The highest BCUT2D eigenvalue weighted by Crippen LogP contribution is 2.22. The van der Waals surface area contributed by atoms with Crippen LogP contribution in [0.1, 0.15) is 38.5 Å². The lowest BCUT2D eigenvalue weighted by Crippen LogP contribution is -2.48.